The minimum Gasteiger partial charge on any atom is -0.505 e. The van der Waals surface area contributed by atoms with E-state index in [1.54, 1.807) is 6.20 Å². The fraction of sp³-hybridized carbons (Fsp3) is 0.143. The molecule has 23 heavy (non-hydrogen) atoms. The molecule has 0 amide bonds. The normalized spacial score (nSPS) is 10.9. The summed E-state index contributed by atoms with van der Waals surface area (Å²) in [7, 11) is 1.20. The number of fused-ring (bicyclic) bond motifs is 1. The predicted octanol–water partition coefficient (Wildman–Crippen LogP) is 2.16. The number of thiazole rings is 1. The molecular formula is C14H10BrN3O4S. The molecule has 0 radical (unpaired) electrons. The molecule has 3 aromatic rings. The first-order valence-corrected chi connectivity index (χ1v) is 8.08. The van der Waals surface area contributed by atoms with Gasteiger partial charge in [-0.05, 0) is 22.0 Å². The van der Waals surface area contributed by atoms with Crippen LogP contribution in [0.4, 0.5) is 0 Å². The topological polar surface area (TPSA) is 94.3 Å². The molecule has 0 aliphatic carbocycles. The number of hydrogen-bond acceptors (Lipinski definition) is 7. The van der Waals surface area contributed by atoms with Gasteiger partial charge in [0, 0.05) is 17.0 Å². The Bertz CT molecular complexity index is 953. The molecule has 0 unspecified atom stereocenters. The first kappa shape index (κ1) is 15.6. The maximum absolute atomic E-state index is 12.4. The summed E-state index contributed by atoms with van der Waals surface area (Å²) in [6.45, 7) is 0.241. The Hall–Kier alpha value is -2.26. The van der Waals surface area contributed by atoms with E-state index in [4.69, 9.17) is 0 Å². The first-order valence-electron chi connectivity index (χ1n) is 6.40. The van der Waals surface area contributed by atoms with E-state index >= 15 is 0 Å². The highest BCUT2D eigenvalue weighted by Gasteiger charge is 2.19. The molecule has 3 rings (SSSR count). The summed E-state index contributed by atoms with van der Waals surface area (Å²) in [5, 5.41) is 13.2. The highest BCUT2D eigenvalue weighted by Crippen LogP contribution is 2.28. The molecule has 0 aliphatic heterocycles. The summed E-state index contributed by atoms with van der Waals surface area (Å²) in [6.07, 6.45) is 3.01. The standard InChI is InChI=1S/C14H10BrN3O4S/c1-22-14(21)11-12(19)7-4-8(15)13(20)18(9(7)5-17-11)6-10-16-2-3-23-10/h2-5,19H,6H2,1H3. The van der Waals surface area contributed by atoms with E-state index in [1.165, 1.54) is 35.3 Å². The molecule has 0 atom stereocenters. The zero-order chi connectivity index (χ0) is 16.6. The summed E-state index contributed by atoms with van der Waals surface area (Å²) in [6, 6.07) is 1.46. The minimum absolute atomic E-state index is 0.202. The third-order valence-electron chi connectivity index (χ3n) is 3.24. The number of nitrogens with zero attached hydrogens (tertiary/aromatic N) is 3. The van der Waals surface area contributed by atoms with Crippen molar-refractivity contribution < 1.29 is 14.6 Å². The van der Waals surface area contributed by atoms with Gasteiger partial charge in [0.25, 0.3) is 5.56 Å². The number of carbonyl (C=O) groups is 1. The van der Waals surface area contributed by atoms with Gasteiger partial charge in [-0.1, -0.05) is 0 Å². The van der Waals surface area contributed by atoms with Crippen LogP contribution < -0.4 is 5.56 Å². The molecule has 0 saturated heterocycles. The van der Waals surface area contributed by atoms with Crippen molar-refractivity contribution in [3.05, 3.63) is 49.4 Å². The lowest BCUT2D eigenvalue weighted by Gasteiger charge is -2.12. The largest absolute Gasteiger partial charge is 0.505 e. The lowest BCUT2D eigenvalue weighted by atomic mass is 10.2. The van der Waals surface area contributed by atoms with Crippen molar-refractivity contribution in [1.29, 1.82) is 0 Å². The number of ether oxygens (including phenoxy) is 1. The Morgan fingerprint density at radius 3 is 2.91 bits per heavy atom. The van der Waals surface area contributed by atoms with Gasteiger partial charge in [-0.25, -0.2) is 14.8 Å². The van der Waals surface area contributed by atoms with Gasteiger partial charge in [0.05, 0.1) is 29.8 Å². The van der Waals surface area contributed by atoms with Crippen molar-refractivity contribution >= 4 is 44.1 Å². The fourth-order valence-corrected chi connectivity index (χ4v) is 3.21. The second-order valence-electron chi connectivity index (χ2n) is 4.56. The first-order chi connectivity index (χ1) is 11.0. The number of rotatable bonds is 3. The Kier molecular flexibility index (Phi) is 4.14. The van der Waals surface area contributed by atoms with Crippen LogP contribution in [0.1, 0.15) is 15.5 Å². The predicted molar refractivity (Wildman–Crippen MR) is 87.9 cm³/mol. The average molecular weight is 396 g/mol. The van der Waals surface area contributed by atoms with Crippen LogP contribution >= 0.6 is 27.3 Å². The van der Waals surface area contributed by atoms with Crippen molar-refractivity contribution in [1.82, 2.24) is 14.5 Å². The number of aromatic nitrogens is 3. The molecule has 3 aromatic heterocycles. The van der Waals surface area contributed by atoms with E-state index in [0.29, 0.717) is 10.9 Å². The van der Waals surface area contributed by atoms with Gasteiger partial charge < -0.3 is 9.84 Å². The number of esters is 1. The molecule has 0 bridgehead atoms. The van der Waals surface area contributed by atoms with E-state index in [0.717, 1.165) is 5.01 Å². The molecule has 0 aromatic carbocycles. The van der Waals surface area contributed by atoms with Crippen molar-refractivity contribution in [3.8, 4) is 5.75 Å². The van der Waals surface area contributed by atoms with E-state index < -0.39 is 5.97 Å². The zero-order valence-corrected chi connectivity index (χ0v) is 14.2. The summed E-state index contributed by atoms with van der Waals surface area (Å²) in [4.78, 5) is 32.1. The molecule has 118 valence electrons. The quantitative estimate of drug-likeness (QED) is 0.682. The fourth-order valence-electron chi connectivity index (χ4n) is 2.16. The SMILES string of the molecule is COC(=O)c1ncc2c(cc(Br)c(=O)n2Cc2nccs2)c1O. The number of methoxy groups -OCH3 is 1. The number of hydrogen-bond donors (Lipinski definition) is 1. The number of pyridine rings is 2. The average Bonchev–Trinajstić information content (AvgIpc) is 3.05. The molecular weight excluding hydrogens is 386 g/mol. The van der Waals surface area contributed by atoms with Crippen LogP contribution in [-0.4, -0.2) is 32.7 Å². The van der Waals surface area contributed by atoms with E-state index in [2.05, 4.69) is 30.6 Å². The Morgan fingerprint density at radius 2 is 2.26 bits per heavy atom. The van der Waals surface area contributed by atoms with Crippen LogP contribution in [0.15, 0.2) is 33.1 Å². The summed E-state index contributed by atoms with van der Waals surface area (Å²) < 4.78 is 6.28. The smallest absolute Gasteiger partial charge is 0.360 e. The van der Waals surface area contributed by atoms with Gasteiger partial charge >= 0.3 is 5.97 Å². The van der Waals surface area contributed by atoms with Gasteiger partial charge in [-0.3, -0.25) is 9.36 Å². The monoisotopic (exact) mass is 395 g/mol. The lowest BCUT2D eigenvalue weighted by Crippen LogP contribution is -2.22. The van der Waals surface area contributed by atoms with Gasteiger partial charge in [0.1, 0.15) is 5.01 Å². The maximum Gasteiger partial charge on any atom is 0.360 e. The van der Waals surface area contributed by atoms with Crippen molar-refractivity contribution in [2.24, 2.45) is 0 Å². The molecule has 9 heteroatoms. The number of carbonyl (C=O) groups excluding carboxylic acids is 1. The van der Waals surface area contributed by atoms with Crippen LogP contribution in [0.5, 0.6) is 5.75 Å². The van der Waals surface area contributed by atoms with Gasteiger partial charge in [0.2, 0.25) is 0 Å². The Labute approximate surface area is 142 Å². The molecule has 1 N–H and O–H groups in total. The van der Waals surface area contributed by atoms with Crippen LogP contribution in [0.2, 0.25) is 0 Å². The van der Waals surface area contributed by atoms with Gasteiger partial charge in [-0.15, -0.1) is 11.3 Å². The van der Waals surface area contributed by atoms with E-state index in [9.17, 15) is 14.7 Å². The maximum atomic E-state index is 12.4. The van der Waals surface area contributed by atoms with Crippen LogP contribution in [0.3, 0.4) is 0 Å². The van der Waals surface area contributed by atoms with Gasteiger partial charge in [-0.2, -0.15) is 0 Å². The molecule has 7 nitrogen and oxygen atoms in total. The summed E-state index contributed by atoms with van der Waals surface area (Å²) in [5.74, 6) is -1.08. The van der Waals surface area contributed by atoms with Crippen molar-refractivity contribution in [2.75, 3.05) is 7.11 Å². The van der Waals surface area contributed by atoms with Crippen LogP contribution in [0, 0.1) is 0 Å². The molecule has 3 heterocycles. The third-order valence-corrected chi connectivity index (χ3v) is 4.57. The molecule has 0 fully saturated rings. The molecule has 0 saturated carbocycles. The Morgan fingerprint density at radius 1 is 1.48 bits per heavy atom. The lowest BCUT2D eigenvalue weighted by molar-refractivity contribution is 0.0591. The minimum atomic E-state index is -0.752. The molecule has 0 aliphatic rings. The van der Waals surface area contributed by atoms with Crippen LogP contribution in [-0.2, 0) is 11.3 Å². The zero-order valence-electron chi connectivity index (χ0n) is 11.8. The van der Waals surface area contributed by atoms with Crippen molar-refractivity contribution in [2.45, 2.75) is 6.54 Å². The van der Waals surface area contributed by atoms with Crippen LogP contribution in [0.25, 0.3) is 10.9 Å². The van der Waals surface area contributed by atoms with E-state index in [1.807, 2.05) is 5.38 Å². The van der Waals surface area contributed by atoms with Crippen molar-refractivity contribution in [3.63, 3.8) is 0 Å². The third kappa shape index (κ3) is 2.73. The van der Waals surface area contributed by atoms with E-state index in [-0.39, 0.29) is 28.0 Å². The number of aromatic hydroxyl groups is 1. The Balaban J connectivity index is 2.27. The summed E-state index contributed by atoms with van der Waals surface area (Å²) in [5.41, 5.74) is -0.0791. The highest BCUT2D eigenvalue weighted by atomic mass is 79.9. The molecule has 0 spiro atoms. The highest BCUT2D eigenvalue weighted by molar-refractivity contribution is 9.10. The number of halogens is 1. The second-order valence-corrected chi connectivity index (χ2v) is 6.39. The van der Waals surface area contributed by atoms with Gasteiger partial charge in [0.15, 0.2) is 11.4 Å². The summed E-state index contributed by atoms with van der Waals surface area (Å²) >= 11 is 4.60. The second kappa shape index (κ2) is 6.09.